The number of rotatable bonds is 2. The van der Waals surface area contributed by atoms with Crippen LogP contribution in [0.5, 0.6) is 0 Å². The van der Waals surface area contributed by atoms with Crippen LogP contribution in [0.15, 0.2) is 16.6 Å². The van der Waals surface area contributed by atoms with Crippen LogP contribution in [-0.4, -0.2) is 24.3 Å². The molecule has 2 aliphatic heterocycles. The molecule has 1 aromatic rings. The molecule has 0 spiro atoms. The van der Waals surface area contributed by atoms with E-state index in [4.69, 9.17) is 0 Å². The van der Waals surface area contributed by atoms with Gasteiger partial charge in [0.25, 0.3) is 11.7 Å². The lowest BCUT2D eigenvalue weighted by Gasteiger charge is -2.32. The van der Waals surface area contributed by atoms with Gasteiger partial charge in [0.15, 0.2) is 0 Å². The average molecular weight is 351 g/mol. The number of hydrogen-bond donors (Lipinski definition) is 1. The Bertz CT molecular complexity index is 600. The number of carbonyl (C=O) groups is 2. The van der Waals surface area contributed by atoms with E-state index in [1.165, 1.54) is 25.7 Å². The van der Waals surface area contributed by atoms with Gasteiger partial charge in [-0.05, 0) is 47.3 Å². The van der Waals surface area contributed by atoms with Gasteiger partial charge < -0.3 is 10.2 Å². The number of Topliss-reactive ketones (excluding diaryl/α,β-unsaturated/α-hetero) is 1. The summed E-state index contributed by atoms with van der Waals surface area (Å²) >= 11 is 3.58. The fourth-order valence-electron chi connectivity index (χ4n) is 3.29. The highest BCUT2D eigenvalue weighted by Gasteiger charge is 2.31. The monoisotopic (exact) mass is 350 g/mol. The molecule has 1 atom stereocenters. The fourth-order valence-corrected chi connectivity index (χ4v) is 3.86. The summed E-state index contributed by atoms with van der Waals surface area (Å²) in [4.78, 5) is 25.7. The molecule has 1 saturated heterocycles. The Balaban J connectivity index is 2.00. The summed E-state index contributed by atoms with van der Waals surface area (Å²) in [6, 6.07) is 4.24. The molecule has 112 valence electrons. The second kappa shape index (κ2) is 5.79. The molecule has 0 radical (unpaired) electrons. The van der Waals surface area contributed by atoms with Gasteiger partial charge in [-0.3, -0.25) is 9.59 Å². The van der Waals surface area contributed by atoms with Gasteiger partial charge >= 0.3 is 0 Å². The summed E-state index contributed by atoms with van der Waals surface area (Å²) in [5, 5.41) is 2.67. The van der Waals surface area contributed by atoms with Crippen molar-refractivity contribution in [3.63, 3.8) is 0 Å². The van der Waals surface area contributed by atoms with Crippen molar-refractivity contribution in [2.75, 3.05) is 16.8 Å². The van der Waals surface area contributed by atoms with Crippen LogP contribution in [0, 0.1) is 0 Å². The molecule has 1 unspecified atom stereocenters. The summed E-state index contributed by atoms with van der Waals surface area (Å²) in [5.41, 5.74) is 2.19. The third-order valence-electron chi connectivity index (χ3n) is 4.44. The molecule has 21 heavy (non-hydrogen) atoms. The first-order valence-electron chi connectivity index (χ1n) is 7.57. The van der Waals surface area contributed by atoms with Crippen molar-refractivity contribution >= 4 is 39.0 Å². The summed E-state index contributed by atoms with van der Waals surface area (Å²) in [6.07, 6.45) is 6.03. The molecule has 1 fully saturated rings. The maximum Gasteiger partial charge on any atom is 0.296 e. The standard InChI is InChI=1S/C16H19BrN2O2/c1-2-10-6-4-3-5-7-19(10)14-9-13-11(8-12(14)17)15(20)16(21)18-13/h8-10H,2-7H2,1H3,(H,18,20,21). The number of ketones is 1. The molecule has 0 aliphatic carbocycles. The Labute approximate surface area is 133 Å². The molecule has 1 N–H and O–H groups in total. The first-order valence-corrected chi connectivity index (χ1v) is 8.37. The molecule has 0 aromatic heterocycles. The van der Waals surface area contributed by atoms with Crippen LogP contribution in [-0.2, 0) is 4.79 Å². The molecule has 0 bridgehead atoms. The van der Waals surface area contributed by atoms with Crippen LogP contribution in [0.3, 0.4) is 0 Å². The van der Waals surface area contributed by atoms with Crippen LogP contribution >= 0.6 is 15.9 Å². The van der Waals surface area contributed by atoms with Crippen molar-refractivity contribution in [1.29, 1.82) is 0 Å². The molecule has 1 aromatic carbocycles. The lowest BCUT2D eigenvalue weighted by Crippen LogP contribution is -2.34. The second-order valence-corrected chi connectivity index (χ2v) is 6.59. The quantitative estimate of drug-likeness (QED) is 0.826. The van der Waals surface area contributed by atoms with Crippen molar-refractivity contribution in [1.82, 2.24) is 0 Å². The van der Waals surface area contributed by atoms with Crippen molar-refractivity contribution in [2.45, 2.75) is 45.1 Å². The number of amides is 1. The maximum atomic E-state index is 11.8. The van der Waals surface area contributed by atoms with Crippen molar-refractivity contribution in [2.24, 2.45) is 0 Å². The Hall–Kier alpha value is -1.36. The van der Waals surface area contributed by atoms with Crippen LogP contribution in [0.2, 0.25) is 0 Å². The molecule has 5 heteroatoms. The van der Waals surface area contributed by atoms with Crippen molar-refractivity contribution in [3.05, 3.63) is 22.2 Å². The summed E-state index contributed by atoms with van der Waals surface area (Å²) in [5.74, 6) is -0.975. The Morgan fingerprint density at radius 2 is 2.10 bits per heavy atom. The van der Waals surface area contributed by atoms with Gasteiger partial charge in [-0.15, -0.1) is 0 Å². The highest BCUT2D eigenvalue weighted by molar-refractivity contribution is 9.10. The average Bonchev–Trinajstić information content (AvgIpc) is 2.68. The van der Waals surface area contributed by atoms with Gasteiger partial charge in [0.05, 0.1) is 16.9 Å². The molecule has 3 rings (SSSR count). The normalized spacial score (nSPS) is 22.0. The predicted octanol–water partition coefficient (Wildman–Crippen LogP) is 3.74. The smallest absolute Gasteiger partial charge is 0.296 e. The van der Waals surface area contributed by atoms with E-state index in [0.29, 0.717) is 17.3 Å². The van der Waals surface area contributed by atoms with Gasteiger partial charge in [-0.1, -0.05) is 19.8 Å². The molecule has 4 nitrogen and oxygen atoms in total. The molecule has 0 saturated carbocycles. The summed E-state index contributed by atoms with van der Waals surface area (Å²) < 4.78 is 0.895. The first kappa shape index (κ1) is 14.6. The number of halogens is 1. The fraction of sp³-hybridized carbons (Fsp3) is 0.500. The number of nitrogens with zero attached hydrogens (tertiary/aromatic N) is 1. The third kappa shape index (κ3) is 2.59. The zero-order chi connectivity index (χ0) is 15.0. The zero-order valence-corrected chi connectivity index (χ0v) is 13.7. The highest BCUT2D eigenvalue weighted by Crippen LogP contribution is 2.38. The minimum atomic E-state index is -0.531. The van der Waals surface area contributed by atoms with E-state index in [0.717, 1.165) is 23.1 Å². The number of benzene rings is 1. The third-order valence-corrected chi connectivity index (χ3v) is 5.08. The second-order valence-electron chi connectivity index (χ2n) is 5.74. The number of nitrogens with one attached hydrogen (secondary N) is 1. The predicted molar refractivity (Wildman–Crippen MR) is 87.0 cm³/mol. The first-order chi connectivity index (χ1) is 10.1. The maximum absolute atomic E-state index is 11.8. The van der Waals surface area contributed by atoms with E-state index in [9.17, 15) is 9.59 Å². The Kier molecular flexibility index (Phi) is 4.02. The van der Waals surface area contributed by atoms with Gasteiger partial charge in [-0.2, -0.15) is 0 Å². The number of hydrogen-bond acceptors (Lipinski definition) is 3. The summed E-state index contributed by atoms with van der Waals surface area (Å²) in [7, 11) is 0. The molecular weight excluding hydrogens is 332 g/mol. The molecular formula is C16H19BrN2O2. The zero-order valence-electron chi connectivity index (χ0n) is 12.1. The highest BCUT2D eigenvalue weighted by atomic mass is 79.9. The van der Waals surface area contributed by atoms with E-state index in [1.807, 2.05) is 6.07 Å². The summed E-state index contributed by atoms with van der Waals surface area (Å²) in [6.45, 7) is 3.24. The molecule has 2 aliphatic rings. The number of anilines is 2. The van der Waals surface area contributed by atoms with E-state index < -0.39 is 11.7 Å². The Morgan fingerprint density at radius 1 is 1.29 bits per heavy atom. The van der Waals surface area contributed by atoms with Gasteiger partial charge in [0.1, 0.15) is 0 Å². The largest absolute Gasteiger partial charge is 0.368 e. The minimum Gasteiger partial charge on any atom is -0.368 e. The van der Waals surface area contributed by atoms with E-state index in [1.54, 1.807) is 6.07 Å². The van der Waals surface area contributed by atoms with Crippen molar-refractivity contribution < 1.29 is 9.59 Å². The van der Waals surface area contributed by atoms with Gasteiger partial charge in [0, 0.05) is 17.1 Å². The minimum absolute atomic E-state index is 0.444. The van der Waals surface area contributed by atoms with Crippen LogP contribution in [0.4, 0.5) is 11.4 Å². The SMILES string of the molecule is CCC1CCCCCN1c1cc2c(cc1Br)C(=O)C(=O)N2. The van der Waals surface area contributed by atoms with Crippen LogP contribution in [0.1, 0.15) is 49.4 Å². The van der Waals surface area contributed by atoms with Crippen LogP contribution < -0.4 is 10.2 Å². The lowest BCUT2D eigenvalue weighted by atomic mass is 10.1. The number of carbonyl (C=O) groups excluding carboxylic acids is 2. The van der Waals surface area contributed by atoms with Gasteiger partial charge in [0.2, 0.25) is 0 Å². The number of fused-ring (bicyclic) bond motifs is 1. The van der Waals surface area contributed by atoms with E-state index in [-0.39, 0.29) is 0 Å². The van der Waals surface area contributed by atoms with E-state index in [2.05, 4.69) is 33.1 Å². The topological polar surface area (TPSA) is 49.4 Å². The molecule has 1 amide bonds. The lowest BCUT2D eigenvalue weighted by molar-refractivity contribution is -0.112. The van der Waals surface area contributed by atoms with E-state index >= 15 is 0 Å². The van der Waals surface area contributed by atoms with Crippen molar-refractivity contribution in [3.8, 4) is 0 Å². The van der Waals surface area contributed by atoms with Crippen LogP contribution in [0.25, 0.3) is 0 Å². The Morgan fingerprint density at radius 3 is 2.86 bits per heavy atom. The van der Waals surface area contributed by atoms with Gasteiger partial charge in [-0.25, -0.2) is 0 Å². The molecule has 2 heterocycles.